The Hall–Kier alpha value is -2.03. The maximum atomic E-state index is 13.3. The topological polar surface area (TPSA) is 73.7 Å². The smallest absolute Gasteiger partial charge is 0.290 e. The SMILES string of the molecule is CCN(CC)CCCN1C(=O)C(O)=C(C(=O)c2sc(C)nc2C)[C@H]1c1cccs1. The number of carbonyl (C=O) groups excluding carboxylic acids is 2. The Morgan fingerprint density at radius 2 is 2.03 bits per heavy atom. The summed E-state index contributed by atoms with van der Waals surface area (Å²) in [5.41, 5.74) is 0.808. The van der Waals surface area contributed by atoms with Gasteiger partial charge in [-0.2, -0.15) is 0 Å². The fourth-order valence-corrected chi connectivity index (χ4v) is 5.45. The summed E-state index contributed by atoms with van der Waals surface area (Å²) >= 11 is 2.79. The number of ketones is 1. The van der Waals surface area contributed by atoms with Crippen molar-refractivity contribution < 1.29 is 14.7 Å². The predicted octanol–water partition coefficient (Wildman–Crippen LogP) is 4.13. The molecule has 2 aromatic heterocycles. The standard InChI is InChI=1S/C21H27N3O3S2/c1-5-23(6-2)10-8-11-24-17(15-9-7-12-28-15)16(19(26)21(24)27)18(25)20-13(3)22-14(4)29-20/h7,9,12,17,26H,5-6,8,10-11H2,1-4H3/t17-/m1/s1. The number of Topliss-reactive ketones (excluding diaryl/α,β-unsaturated/α-hetero) is 1. The van der Waals surface area contributed by atoms with Crippen LogP contribution in [0.5, 0.6) is 0 Å². The van der Waals surface area contributed by atoms with Crippen LogP contribution < -0.4 is 0 Å². The molecule has 1 atom stereocenters. The normalized spacial score (nSPS) is 17.1. The molecule has 1 aliphatic rings. The molecule has 2 aromatic rings. The number of hydrogen-bond acceptors (Lipinski definition) is 7. The number of amides is 1. The molecule has 0 unspecified atom stereocenters. The fourth-order valence-electron chi connectivity index (χ4n) is 3.73. The molecule has 0 radical (unpaired) electrons. The van der Waals surface area contributed by atoms with E-state index in [0.717, 1.165) is 35.9 Å². The van der Waals surface area contributed by atoms with Gasteiger partial charge in [0.2, 0.25) is 5.78 Å². The van der Waals surface area contributed by atoms with E-state index in [1.54, 1.807) is 11.8 Å². The van der Waals surface area contributed by atoms with Crippen LogP contribution >= 0.6 is 22.7 Å². The lowest BCUT2D eigenvalue weighted by Gasteiger charge is -2.27. The van der Waals surface area contributed by atoms with Crippen LogP contribution in [0.4, 0.5) is 0 Å². The van der Waals surface area contributed by atoms with Crippen molar-refractivity contribution in [2.45, 2.75) is 40.2 Å². The van der Waals surface area contributed by atoms with E-state index in [2.05, 4.69) is 23.7 Å². The van der Waals surface area contributed by atoms with Gasteiger partial charge in [-0.05, 0) is 51.3 Å². The Balaban J connectivity index is 1.91. The average molecular weight is 434 g/mol. The largest absolute Gasteiger partial charge is 0.503 e. The summed E-state index contributed by atoms with van der Waals surface area (Å²) in [5, 5.41) is 13.4. The van der Waals surface area contributed by atoms with Crippen molar-refractivity contribution in [3.8, 4) is 0 Å². The van der Waals surface area contributed by atoms with Gasteiger partial charge in [0.25, 0.3) is 5.91 Å². The molecule has 0 aromatic carbocycles. The molecule has 0 saturated carbocycles. The zero-order valence-corrected chi connectivity index (χ0v) is 18.9. The lowest BCUT2D eigenvalue weighted by Crippen LogP contribution is -2.34. The van der Waals surface area contributed by atoms with Crippen molar-refractivity contribution >= 4 is 34.4 Å². The molecule has 29 heavy (non-hydrogen) atoms. The molecule has 3 rings (SSSR count). The summed E-state index contributed by atoms with van der Waals surface area (Å²) < 4.78 is 0. The van der Waals surface area contributed by atoms with Crippen molar-refractivity contribution in [2.24, 2.45) is 0 Å². The Morgan fingerprint density at radius 3 is 2.59 bits per heavy atom. The van der Waals surface area contributed by atoms with Gasteiger partial charge in [0.05, 0.1) is 27.2 Å². The van der Waals surface area contributed by atoms with Crippen LogP contribution in [0.25, 0.3) is 0 Å². The van der Waals surface area contributed by atoms with E-state index in [0.29, 0.717) is 17.1 Å². The number of carbonyl (C=O) groups is 2. The van der Waals surface area contributed by atoms with E-state index >= 15 is 0 Å². The molecule has 8 heteroatoms. The lowest BCUT2D eigenvalue weighted by molar-refractivity contribution is -0.129. The van der Waals surface area contributed by atoms with Gasteiger partial charge >= 0.3 is 0 Å². The highest BCUT2D eigenvalue weighted by Gasteiger charge is 2.44. The predicted molar refractivity (Wildman–Crippen MR) is 117 cm³/mol. The number of aliphatic hydroxyl groups excluding tert-OH is 1. The van der Waals surface area contributed by atoms with Crippen molar-refractivity contribution in [3.63, 3.8) is 0 Å². The van der Waals surface area contributed by atoms with Crippen molar-refractivity contribution in [3.05, 3.63) is 49.3 Å². The first-order chi connectivity index (χ1) is 13.9. The van der Waals surface area contributed by atoms with E-state index in [4.69, 9.17) is 0 Å². The maximum absolute atomic E-state index is 13.3. The summed E-state index contributed by atoms with van der Waals surface area (Å²) in [6, 6.07) is 3.27. The van der Waals surface area contributed by atoms with Gasteiger partial charge in [0.15, 0.2) is 5.76 Å². The maximum Gasteiger partial charge on any atom is 0.290 e. The van der Waals surface area contributed by atoms with Crippen LogP contribution in [0.1, 0.15) is 51.6 Å². The first kappa shape index (κ1) is 21.7. The second kappa shape index (κ2) is 9.19. The first-order valence-electron chi connectivity index (χ1n) is 9.87. The monoisotopic (exact) mass is 433 g/mol. The van der Waals surface area contributed by atoms with E-state index in [9.17, 15) is 14.7 Å². The number of rotatable bonds is 9. The highest BCUT2D eigenvalue weighted by molar-refractivity contribution is 7.14. The number of aryl methyl sites for hydroxylation is 2. The summed E-state index contributed by atoms with van der Waals surface area (Å²) in [4.78, 5) is 35.9. The third-order valence-electron chi connectivity index (χ3n) is 5.24. The molecule has 1 aliphatic heterocycles. The molecule has 1 N–H and O–H groups in total. The van der Waals surface area contributed by atoms with Crippen molar-refractivity contribution in [1.29, 1.82) is 0 Å². The van der Waals surface area contributed by atoms with Crippen LogP contribution in [-0.4, -0.2) is 57.8 Å². The minimum atomic E-state index is -0.548. The summed E-state index contributed by atoms with van der Waals surface area (Å²) in [7, 11) is 0. The average Bonchev–Trinajstić information content (AvgIpc) is 3.39. The molecule has 6 nitrogen and oxygen atoms in total. The van der Waals surface area contributed by atoms with Crippen LogP contribution in [0, 0.1) is 13.8 Å². The van der Waals surface area contributed by atoms with Crippen molar-refractivity contribution in [1.82, 2.24) is 14.8 Å². The minimum absolute atomic E-state index is 0.173. The molecule has 1 amide bonds. The molecule has 0 spiro atoms. The highest BCUT2D eigenvalue weighted by Crippen LogP contribution is 2.41. The number of aliphatic hydroxyl groups is 1. The molecule has 0 fully saturated rings. The van der Waals surface area contributed by atoms with E-state index in [1.165, 1.54) is 22.7 Å². The highest BCUT2D eigenvalue weighted by atomic mass is 32.1. The summed E-state index contributed by atoms with van der Waals surface area (Å²) in [6.07, 6.45) is 0.780. The van der Waals surface area contributed by atoms with Gasteiger partial charge < -0.3 is 14.9 Å². The van der Waals surface area contributed by atoms with Crippen LogP contribution in [0.3, 0.4) is 0 Å². The van der Waals surface area contributed by atoms with Gasteiger partial charge in [0.1, 0.15) is 0 Å². The van der Waals surface area contributed by atoms with Crippen LogP contribution in [0.2, 0.25) is 0 Å². The molecule has 0 aliphatic carbocycles. The number of thiazole rings is 1. The van der Waals surface area contributed by atoms with Gasteiger partial charge in [-0.15, -0.1) is 22.7 Å². The minimum Gasteiger partial charge on any atom is -0.503 e. The molecule has 3 heterocycles. The Bertz CT molecular complexity index is 914. The van der Waals surface area contributed by atoms with Crippen molar-refractivity contribution in [2.75, 3.05) is 26.2 Å². The van der Waals surface area contributed by atoms with Gasteiger partial charge in [0, 0.05) is 11.4 Å². The molecular weight excluding hydrogens is 406 g/mol. The third kappa shape index (κ3) is 4.29. The summed E-state index contributed by atoms with van der Waals surface area (Å²) in [6.45, 7) is 11.1. The Kier molecular flexibility index (Phi) is 6.87. The number of hydrogen-bond donors (Lipinski definition) is 1. The molecule has 0 bridgehead atoms. The van der Waals surface area contributed by atoms with Gasteiger partial charge in [-0.3, -0.25) is 9.59 Å². The molecular formula is C21H27N3O3S2. The van der Waals surface area contributed by atoms with Crippen LogP contribution in [0.15, 0.2) is 28.8 Å². The zero-order chi connectivity index (χ0) is 21.1. The number of thiophene rings is 1. The lowest BCUT2D eigenvalue weighted by atomic mass is 10.00. The zero-order valence-electron chi connectivity index (χ0n) is 17.3. The van der Waals surface area contributed by atoms with E-state index < -0.39 is 17.7 Å². The van der Waals surface area contributed by atoms with Gasteiger partial charge in [-0.1, -0.05) is 19.9 Å². The quantitative estimate of drug-likeness (QED) is 0.602. The Morgan fingerprint density at radius 1 is 1.31 bits per heavy atom. The van der Waals surface area contributed by atoms with E-state index in [1.807, 2.05) is 24.4 Å². The van der Waals surface area contributed by atoms with Crippen LogP contribution in [-0.2, 0) is 4.79 Å². The number of aromatic nitrogens is 1. The van der Waals surface area contributed by atoms with Gasteiger partial charge in [-0.25, -0.2) is 4.98 Å². The molecule has 156 valence electrons. The third-order valence-corrected chi connectivity index (χ3v) is 7.23. The first-order valence-corrected chi connectivity index (χ1v) is 11.6. The second-order valence-electron chi connectivity index (χ2n) is 7.04. The fraction of sp³-hybridized carbons (Fsp3) is 0.476. The molecule has 0 saturated heterocycles. The number of nitrogens with zero attached hydrogens (tertiary/aromatic N) is 3. The summed E-state index contributed by atoms with van der Waals surface area (Å²) in [5.74, 6) is -1.20. The second-order valence-corrected chi connectivity index (χ2v) is 9.22. The Labute approximate surface area is 179 Å². The van der Waals surface area contributed by atoms with E-state index in [-0.39, 0.29) is 11.4 Å².